The van der Waals surface area contributed by atoms with Crippen LogP contribution in [0.15, 0.2) is 30.3 Å². The smallest absolute Gasteiger partial charge is 0.247 e. The molecule has 3 rings (SSSR count). The molecular weight excluding hydrogens is 378 g/mol. The summed E-state index contributed by atoms with van der Waals surface area (Å²) in [5.74, 6) is 0.220. The molecule has 1 aromatic rings. The Balaban J connectivity index is 0.00000106. The van der Waals surface area contributed by atoms with Crippen LogP contribution in [0.3, 0.4) is 0 Å². The average molecular weight is 418 g/mol. The van der Waals surface area contributed by atoms with Crippen molar-refractivity contribution >= 4 is 23.5 Å². The molecule has 168 valence electrons. The lowest BCUT2D eigenvalue weighted by Gasteiger charge is -2.34. The van der Waals surface area contributed by atoms with Gasteiger partial charge in [-0.1, -0.05) is 52.8 Å². The van der Waals surface area contributed by atoms with E-state index in [0.29, 0.717) is 44.8 Å². The minimum atomic E-state index is -0.413. The molecule has 2 amide bonds. The van der Waals surface area contributed by atoms with Gasteiger partial charge in [0.05, 0.1) is 0 Å². The van der Waals surface area contributed by atoms with Crippen molar-refractivity contribution in [2.45, 2.75) is 59.9 Å². The molecule has 2 aliphatic rings. The van der Waals surface area contributed by atoms with Crippen molar-refractivity contribution < 1.29 is 9.59 Å². The van der Waals surface area contributed by atoms with E-state index in [2.05, 4.69) is 12.2 Å². The fourth-order valence-corrected chi connectivity index (χ4v) is 3.89. The van der Waals surface area contributed by atoms with Crippen molar-refractivity contribution in [1.82, 2.24) is 9.80 Å². The number of nitrogens with two attached hydrogens (primary N) is 1. The molecule has 2 saturated heterocycles. The van der Waals surface area contributed by atoms with Gasteiger partial charge in [-0.05, 0) is 37.3 Å². The minimum absolute atomic E-state index is 0.0609. The Hall–Kier alpha value is -2.57. The van der Waals surface area contributed by atoms with Gasteiger partial charge in [-0.15, -0.1) is 0 Å². The molecule has 1 aromatic carbocycles. The van der Waals surface area contributed by atoms with Crippen molar-refractivity contribution in [1.29, 1.82) is 5.41 Å². The Kier molecular flexibility index (Phi) is 10.9. The number of hydrogen-bond donors (Lipinski definition) is 3. The summed E-state index contributed by atoms with van der Waals surface area (Å²) in [4.78, 5) is 29.3. The molecule has 0 aromatic heterocycles. The molecule has 0 spiro atoms. The van der Waals surface area contributed by atoms with E-state index in [1.165, 1.54) is 0 Å². The highest BCUT2D eigenvalue weighted by molar-refractivity contribution is 5.97. The van der Waals surface area contributed by atoms with Crippen LogP contribution in [0.4, 0.5) is 5.69 Å². The Morgan fingerprint density at radius 1 is 1.07 bits per heavy atom. The van der Waals surface area contributed by atoms with Crippen LogP contribution in [0, 0.1) is 17.2 Å². The van der Waals surface area contributed by atoms with Gasteiger partial charge in [-0.2, -0.15) is 0 Å². The Morgan fingerprint density at radius 3 is 2.17 bits per heavy atom. The van der Waals surface area contributed by atoms with Gasteiger partial charge in [0.1, 0.15) is 6.04 Å². The van der Waals surface area contributed by atoms with Crippen LogP contribution >= 0.6 is 0 Å². The zero-order valence-electron chi connectivity index (χ0n) is 19.1. The predicted octanol–water partition coefficient (Wildman–Crippen LogP) is 3.52. The summed E-state index contributed by atoms with van der Waals surface area (Å²) < 4.78 is 0. The number of carbonyl (C=O) groups excluding carboxylic acids is 2. The Morgan fingerprint density at radius 2 is 1.63 bits per heavy atom. The highest BCUT2D eigenvalue weighted by Gasteiger charge is 2.40. The molecule has 30 heavy (non-hydrogen) atoms. The molecule has 0 radical (unpaired) electrons. The second-order valence-corrected chi connectivity index (χ2v) is 7.35. The Bertz CT molecular complexity index is 671. The van der Waals surface area contributed by atoms with E-state index in [9.17, 15) is 9.59 Å². The first-order valence-electron chi connectivity index (χ1n) is 11.2. The third-order valence-electron chi connectivity index (χ3n) is 5.32. The van der Waals surface area contributed by atoms with Crippen molar-refractivity contribution in [3.63, 3.8) is 0 Å². The number of nitrogens with one attached hydrogen (secondary N) is 2. The van der Waals surface area contributed by atoms with Crippen LogP contribution in [0.2, 0.25) is 0 Å². The van der Waals surface area contributed by atoms with E-state index in [1.807, 2.05) is 58.0 Å². The van der Waals surface area contributed by atoms with Gasteiger partial charge in [0, 0.05) is 31.2 Å². The zero-order chi connectivity index (χ0) is 22.7. The van der Waals surface area contributed by atoms with E-state index < -0.39 is 6.04 Å². The molecule has 0 aliphatic carbocycles. The van der Waals surface area contributed by atoms with Gasteiger partial charge in [0.2, 0.25) is 11.8 Å². The van der Waals surface area contributed by atoms with Crippen LogP contribution in [-0.2, 0) is 9.59 Å². The number of guanidine groups is 1. The summed E-state index contributed by atoms with van der Waals surface area (Å²) in [7, 11) is 0. The number of benzene rings is 1. The van der Waals surface area contributed by atoms with Crippen LogP contribution in [0.5, 0.6) is 0 Å². The van der Waals surface area contributed by atoms with E-state index >= 15 is 0 Å². The first-order valence-corrected chi connectivity index (χ1v) is 11.2. The number of amides is 2. The number of piperidine rings is 1. The van der Waals surface area contributed by atoms with Crippen LogP contribution in [0.1, 0.15) is 53.9 Å². The number of carbonyl (C=O) groups is 2. The zero-order valence-corrected chi connectivity index (χ0v) is 19.1. The number of hydrogen-bond acceptors (Lipinski definition) is 3. The highest BCUT2D eigenvalue weighted by atomic mass is 16.2. The first-order chi connectivity index (χ1) is 14.5. The topological polar surface area (TPSA) is 103 Å². The fourth-order valence-electron chi connectivity index (χ4n) is 3.89. The summed E-state index contributed by atoms with van der Waals surface area (Å²) >= 11 is 0. The minimum Gasteiger partial charge on any atom is -0.370 e. The predicted molar refractivity (Wildman–Crippen MR) is 123 cm³/mol. The Labute approximate surface area is 181 Å². The van der Waals surface area contributed by atoms with Gasteiger partial charge in [0.25, 0.3) is 0 Å². The summed E-state index contributed by atoms with van der Waals surface area (Å²) in [6, 6.07) is 8.93. The van der Waals surface area contributed by atoms with Gasteiger partial charge < -0.3 is 20.9 Å². The molecule has 7 heteroatoms. The van der Waals surface area contributed by atoms with Crippen molar-refractivity contribution in [2.24, 2.45) is 17.6 Å². The second kappa shape index (κ2) is 12.9. The summed E-state index contributed by atoms with van der Waals surface area (Å²) in [5, 5.41) is 10.4. The van der Waals surface area contributed by atoms with Crippen molar-refractivity contribution in [2.75, 3.05) is 25.0 Å². The standard InChI is InChI=1S/C19H27N5O2.2C2H6/c1-13-11-16(17(25)22-15-5-3-2-4-6-15)24(12-13)18(26)14-7-9-23(10-8-14)19(20)21;2*1-2/h2-6,13-14,16H,7-12H2,1H3,(H3,20,21)(H,22,25);2*1-2H3. The molecular formula is C23H39N5O2. The van der Waals surface area contributed by atoms with Crippen LogP contribution < -0.4 is 11.1 Å². The number of anilines is 1. The van der Waals surface area contributed by atoms with Crippen LogP contribution in [-0.4, -0.2) is 53.2 Å². The third-order valence-corrected chi connectivity index (χ3v) is 5.32. The fraction of sp³-hybridized carbons (Fsp3) is 0.609. The highest BCUT2D eigenvalue weighted by Crippen LogP contribution is 2.28. The number of para-hydroxylation sites is 1. The molecule has 0 saturated carbocycles. The van der Waals surface area contributed by atoms with Crippen molar-refractivity contribution in [3.05, 3.63) is 30.3 Å². The monoisotopic (exact) mass is 417 g/mol. The maximum absolute atomic E-state index is 13.0. The molecule has 7 nitrogen and oxygen atoms in total. The first kappa shape index (κ1) is 25.5. The van der Waals surface area contributed by atoms with Crippen molar-refractivity contribution in [3.8, 4) is 0 Å². The third kappa shape index (κ3) is 6.75. The van der Waals surface area contributed by atoms with Gasteiger partial charge in [0.15, 0.2) is 5.96 Å². The van der Waals surface area contributed by atoms with E-state index in [-0.39, 0.29) is 23.7 Å². The second-order valence-electron chi connectivity index (χ2n) is 7.35. The number of nitrogens with zero attached hydrogens (tertiary/aromatic N) is 2. The molecule has 0 bridgehead atoms. The largest absolute Gasteiger partial charge is 0.370 e. The normalized spacial score (nSPS) is 21.0. The lowest BCUT2D eigenvalue weighted by molar-refractivity contribution is -0.141. The van der Waals surface area contributed by atoms with E-state index in [4.69, 9.17) is 11.1 Å². The summed E-state index contributed by atoms with van der Waals surface area (Å²) in [6.07, 6.45) is 2.04. The number of rotatable bonds is 3. The molecule has 2 heterocycles. The number of likely N-dealkylation sites (tertiary alicyclic amines) is 2. The molecule has 2 atom stereocenters. The molecule has 4 N–H and O–H groups in total. The average Bonchev–Trinajstić information content (AvgIpc) is 3.18. The lowest BCUT2D eigenvalue weighted by Crippen LogP contribution is -2.49. The van der Waals surface area contributed by atoms with Gasteiger partial charge >= 0.3 is 0 Å². The van der Waals surface area contributed by atoms with Gasteiger partial charge in [-0.25, -0.2) is 0 Å². The molecule has 2 fully saturated rings. The maximum atomic E-state index is 13.0. The molecule has 2 aliphatic heterocycles. The summed E-state index contributed by atoms with van der Waals surface area (Å²) in [6.45, 7) is 11.9. The lowest BCUT2D eigenvalue weighted by atomic mass is 9.95. The van der Waals surface area contributed by atoms with E-state index in [1.54, 1.807) is 9.80 Å². The van der Waals surface area contributed by atoms with Gasteiger partial charge in [-0.3, -0.25) is 15.0 Å². The maximum Gasteiger partial charge on any atom is 0.247 e. The SMILES string of the molecule is CC.CC.CC1CC(C(=O)Nc2ccccc2)N(C(=O)C2CCN(C(=N)N)CC2)C1. The van der Waals surface area contributed by atoms with E-state index in [0.717, 1.165) is 5.69 Å². The van der Waals surface area contributed by atoms with Crippen LogP contribution in [0.25, 0.3) is 0 Å². The quantitative estimate of drug-likeness (QED) is 0.517. The molecule has 2 unspecified atom stereocenters. The summed E-state index contributed by atoms with van der Waals surface area (Å²) in [5.41, 5.74) is 6.27.